The molecule has 1 aromatic heterocycles. The number of esters is 1. The molecular weight excluding hydrogens is 467 g/mol. The number of carbonyl (C=O) groups excluding carboxylic acids is 1. The predicted octanol–water partition coefficient (Wildman–Crippen LogP) is 3.05. The molecule has 1 fully saturated rings. The number of nitrogens with two attached hydrogens (primary N) is 1. The minimum absolute atomic E-state index is 0.0483. The molecule has 33 heavy (non-hydrogen) atoms. The first-order chi connectivity index (χ1) is 15.6. The molecule has 1 aliphatic rings. The molecule has 2 N–H and O–H groups in total. The first-order valence-corrected chi connectivity index (χ1v) is 12.1. The quantitative estimate of drug-likeness (QED) is 0.319. The third-order valence-electron chi connectivity index (χ3n) is 4.47. The topological polar surface area (TPSA) is 141 Å². The van der Waals surface area contributed by atoms with Gasteiger partial charge in [-0.05, 0) is 25.3 Å². The van der Waals surface area contributed by atoms with Gasteiger partial charge in [-0.25, -0.2) is 9.36 Å². The van der Waals surface area contributed by atoms with Crippen LogP contribution < -0.4 is 11.4 Å². The Morgan fingerprint density at radius 1 is 1.21 bits per heavy atom. The number of hydrogen-bond acceptors (Lipinski definition) is 10. The summed E-state index contributed by atoms with van der Waals surface area (Å²) in [5.41, 5.74) is 4.34. The van der Waals surface area contributed by atoms with Gasteiger partial charge in [0.15, 0.2) is 6.10 Å². The first kappa shape index (κ1) is 27.3. The van der Waals surface area contributed by atoms with Crippen LogP contribution >= 0.6 is 7.82 Å². The van der Waals surface area contributed by atoms with Crippen LogP contribution in [0.15, 0.2) is 17.1 Å². The lowest BCUT2D eigenvalue weighted by Gasteiger charge is -2.25. The van der Waals surface area contributed by atoms with Gasteiger partial charge in [-0.15, -0.1) is 0 Å². The predicted molar refractivity (Wildman–Crippen MR) is 113 cm³/mol. The number of alkyl halides is 2. The highest BCUT2D eigenvalue weighted by atomic mass is 31.2. The van der Waals surface area contributed by atoms with Gasteiger partial charge < -0.3 is 15.2 Å². The molecular formula is C19H30F2N3O8P. The number of aromatic nitrogens is 2. The normalized spacial score (nSPS) is 22.4. The molecule has 2 heterocycles. The fourth-order valence-corrected chi connectivity index (χ4v) is 4.31. The largest absolute Gasteiger partial charge is 0.474 e. The Morgan fingerprint density at radius 3 is 2.39 bits per heavy atom. The van der Waals surface area contributed by atoms with Crippen molar-refractivity contribution in [3.8, 4) is 0 Å². The third-order valence-corrected chi connectivity index (χ3v) is 5.93. The molecule has 0 amide bonds. The van der Waals surface area contributed by atoms with Crippen molar-refractivity contribution >= 4 is 19.6 Å². The summed E-state index contributed by atoms with van der Waals surface area (Å²) >= 11 is 0. The maximum absolute atomic E-state index is 15.3. The van der Waals surface area contributed by atoms with Crippen molar-refractivity contribution in [2.75, 3.05) is 25.6 Å². The molecule has 1 aromatic rings. The summed E-state index contributed by atoms with van der Waals surface area (Å²) in [6.45, 7) is 4.62. The Balaban J connectivity index is 2.31. The van der Waals surface area contributed by atoms with Crippen molar-refractivity contribution in [1.29, 1.82) is 0 Å². The van der Waals surface area contributed by atoms with Gasteiger partial charge in [0.25, 0.3) is 0 Å². The van der Waals surface area contributed by atoms with E-state index in [9.17, 15) is 14.2 Å². The maximum Gasteiger partial charge on any atom is 0.474 e. The molecule has 1 saturated heterocycles. The van der Waals surface area contributed by atoms with Crippen molar-refractivity contribution in [3.05, 3.63) is 22.7 Å². The standard InChI is InChI=1S/C19H30F2N3O8P/c1-4-7-15(25)32-16-13(12-30-33(27,28-10-5-2)29-11-6-3)31-17(19(16,20)21)24-9-8-14(22)23-18(24)26/h8-9,13,16-17H,4-7,10-12H2,1-3H3,(H2,22,23,26)/t13?,16-,17-/m1/s1. The molecule has 0 bridgehead atoms. The summed E-state index contributed by atoms with van der Waals surface area (Å²) in [5.74, 6) is -4.89. The zero-order valence-electron chi connectivity index (χ0n) is 18.8. The minimum atomic E-state index is -4.09. The number of hydrogen-bond donors (Lipinski definition) is 1. The van der Waals surface area contributed by atoms with E-state index < -0.39 is 50.4 Å². The van der Waals surface area contributed by atoms with Crippen LogP contribution in [0.2, 0.25) is 0 Å². The molecule has 11 nitrogen and oxygen atoms in total. The second-order valence-corrected chi connectivity index (χ2v) is 8.98. The van der Waals surface area contributed by atoms with E-state index in [2.05, 4.69) is 4.98 Å². The summed E-state index contributed by atoms with van der Waals surface area (Å²) < 4.78 is 70.0. The maximum atomic E-state index is 15.3. The van der Waals surface area contributed by atoms with Gasteiger partial charge in [0.2, 0.25) is 6.23 Å². The van der Waals surface area contributed by atoms with Crippen molar-refractivity contribution < 1.29 is 41.2 Å². The molecule has 1 aliphatic heterocycles. The van der Waals surface area contributed by atoms with Gasteiger partial charge in [0.1, 0.15) is 11.9 Å². The Morgan fingerprint density at radius 2 is 1.85 bits per heavy atom. The molecule has 0 radical (unpaired) electrons. The van der Waals surface area contributed by atoms with Crippen LogP contribution in [-0.2, 0) is 32.4 Å². The summed E-state index contributed by atoms with van der Waals surface area (Å²) in [5, 5.41) is 0. The zero-order chi connectivity index (χ0) is 24.6. The van der Waals surface area contributed by atoms with Crippen LogP contribution in [0.3, 0.4) is 0 Å². The van der Waals surface area contributed by atoms with E-state index >= 15 is 8.78 Å². The molecule has 0 saturated carbocycles. The lowest BCUT2D eigenvalue weighted by Crippen LogP contribution is -2.44. The minimum Gasteiger partial charge on any atom is -0.453 e. The number of ether oxygens (including phenoxy) is 2. The van der Waals surface area contributed by atoms with Crippen molar-refractivity contribution in [1.82, 2.24) is 9.55 Å². The first-order valence-electron chi connectivity index (χ1n) is 10.7. The van der Waals surface area contributed by atoms with Crippen LogP contribution in [0.1, 0.15) is 52.7 Å². The second kappa shape index (κ2) is 12.0. The monoisotopic (exact) mass is 497 g/mol. The average molecular weight is 497 g/mol. The molecule has 1 unspecified atom stereocenters. The van der Waals surface area contributed by atoms with E-state index in [0.29, 0.717) is 23.8 Å². The number of rotatable bonds is 13. The highest BCUT2D eigenvalue weighted by Gasteiger charge is 2.62. The van der Waals surface area contributed by atoms with E-state index in [0.717, 1.165) is 12.3 Å². The van der Waals surface area contributed by atoms with E-state index in [1.807, 2.05) is 0 Å². The SMILES string of the molecule is CCCOP(=O)(OCCC)OCC1O[C@@H](n2ccc(N)nc2=O)C(F)(F)[C@@H]1OC(=O)CCC. The number of carbonyl (C=O) groups is 1. The Bertz CT molecular complexity index is 888. The van der Waals surface area contributed by atoms with Gasteiger partial charge in [-0.1, -0.05) is 20.8 Å². The summed E-state index contributed by atoms with van der Waals surface area (Å²) in [6, 6.07) is 1.15. The second-order valence-electron chi connectivity index (χ2n) is 7.31. The number of phosphoric acid groups is 1. The molecule has 0 spiro atoms. The van der Waals surface area contributed by atoms with Gasteiger partial charge in [0, 0.05) is 12.6 Å². The molecule has 0 aliphatic carbocycles. The average Bonchev–Trinajstić information content (AvgIpc) is 2.99. The molecule has 188 valence electrons. The lowest BCUT2D eigenvalue weighted by atomic mass is 10.1. The summed E-state index contributed by atoms with van der Waals surface area (Å²) in [6.07, 6.45) is -3.60. The van der Waals surface area contributed by atoms with Crippen LogP contribution in [0, 0.1) is 0 Å². The number of anilines is 1. The van der Waals surface area contributed by atoms with Gasteiger partial charge >= 0.3 is 25.4 Å². The number of nitrogen functional groups attached to an aromatic ring is 1. The van der Waals surface area contributed by atoms with Gasteiger partial charge in [-0.3, -0.25) is 22.9 Å². The van der Waals surface area contributed by atoms with Crippen molar-refractivity contribution in [3.63, 3.8) is 0 Å². The molecule has 14 heteroatoms. The number of halogens is 2. The molecule has 0 aromatic carbocycles. The van der Waals surface area contributed by atoms with Crippen molar-refractivity contribution in [2.45, 2.75) is 70.8 Å². The fourth-order valence-electron chi connectivity index (χ4n) is 2.94. The smallest absolute Gasteiger partial charge is 0.453 e. The van der Waals surface area contributed by atoms with Crippen LogP contribution in [0.5, 0.6) is 0 Å². The highest BCUT2D eigenvalue weighted by Crippen LogP contribution is 2.51. The van der Waals surface area contributed by atoms with E-state index in [1.54, 1.807) is 20.8 Å². The Hall–Kier alpha value is -1.92. The lowest BCUT2D eigenvalue weighted by molar-refractivity contribution is -0.176. The zero-order valence-corrected chi connectivity index (χ0v) is 19.7. The van der Waals surface area contributed by atoms with Gasteiger partial charge in [0.05, 0.1) is 19.8 Å². The molecule has 2 rings (SSSR count). The van der Waals surface area contributed by atoms with Crippen molar-refractivity contribution in [2.24, 2.45) is 0 Å². The summed E-state index contributed by atoms with van der Waals surface area (Å²) in [4.78, 5) is 27.6. The molecule has 3 atom stereocenters. The van der Waals surface area contributed by atoms with Crippen LogP contribution in [0.4, 0.5) is 14.6 Å². The Labute approximate surface area is 190 Å². The van der Waals surface area contributed by atoms with Crippen LogP contribution in [-0.4, -0.2) is 53.5 Å². The van der Waals surface area contributed by atoms with E-state index in [1.165, 1.54) is 0 Å². The van der Waals surface area contributed by atoms with Gasteiger partial charge in [-0.2, -0.15) is 13.8 Å². The number of nitrogens with zero attached hydrogens (tertiary/aromatic N) is 2. The van der Waals surface area contributed by atoms with Crippen LogP contribution in [0.25, 0.3) is 0 Å². The number of phosphoric ester groups is 1. The fraction of sp³-hybridized carbons (Fsp3) is 0.737. The summed E-state index contributed by atoms with van der Waals surface area (Å²) in [7, 11) is -4.09. The van der Waals surface area contributed by atoms with E-state index in [-0.39, 0.29) is 25.5 Å². The third kappa shape index (κ3) is 7.03. The Kier molecular flexibility index (Phi) is 9.92. The highest BCUT2D eigenvalue weighted by molar-refractivity contribution is 7.48. The van der Waals surface area contributed by atoms with E-state index in [4.69, 9.17) is 28.8 Å².